The molecule has 2 rings (SSSR count). The molecule has 0 atom stereocenters. The maximum absolute atomic E-state index is 12.2. The van der Waals surface area contributed by atoms with Gasteiger partial charge in [-0.15, -0.1) is 0 Å². The van der Waals surface area contributed by atoms with Crippen molar-refractivity contribution >= 4 is 11.6 Å². The van der Waals surface area contributed by atoms with Crippen LogP contribution < -0.4 is 0 Å². The van der Waals surface area contributed by atoms with Gasteiger partial charge < -0.3 is 4.74 Å². The number of nitrogens with zero attached hydrogens (tertiary/aromatic N) is 1. The molecule has 0 saturated carbocycles. The first-order valence-corrected chi connectivity index (χ1v) is 3.94. The Kier molecular flexibility index (Phi) is 1.94. The van der Waals surface area contributed by atoms with Gasteiger partial charge in [0.25, 0.3) is 5.90 Å². The first-order chi connectivity index (χ1) is 6.57. The molecule has 0 saturated heterocycles. The monoisotopic (exact) mass is 201 g/mol. The van der Waals surface area contributed by atoms with Gasteiger partial charge in [0.05, 0.1) is 5.69 Å². The van der Waals surface area contributed by atoms with Crippen LogP contribution >= 0.6 is 0 Å². The second-order valence-electron chi connectivity index (χ2n) is 2.83. The van der Waals surface area contributed by atoms with E-state index in [-0.39, 0.29) is 6.61 Å². The molecule has 0 bridgehead atoms. The van der Waals surface area contributed by atoms with E-state index in [1.165, 1.54) is 6.07 Å². The van der Waals surface area contributed by atoms with Crippen molar-refractivity contribution in [3.63, 3.8) is 0 Å². The van der Waals surface area contributed by atoms with Gasteiger partial charge in [-0.2, -0.15) is 13.2 Å². The van der Waals surface area contributed by atoms with E-state index in [2.05, 4.69) is 9.73 Å². The highest BCUT2D eigenvalue weighted by atomic mass is 19.4. The quantitative estimate of drug-likeness (QED) is 0.632. The van der Waals surface area contributed by atoms with Crippen LogP contribution in [-0.2, 0) is 11.3 Å². The van der Waals surface area contributed by atoms with E-state index in [4.69, 9.17) is 0 Å². The smallest absolute Gasteiger partial charge is 0.468 e. The Hall–Kier alpha value is -1.52. The Morgan fingerprint density at radius 1 is 1.21 bits per heavy atom. The SMILES string of the molecule is FC(F)(F)C1=Nc2ccccc2CO1. The molecule has 0 fully saturated rings. The molecule has 0 radical (unpaired) electrons. The Labute approximate surface area is 78.0 Å². The van der Waals surface area contributed by atoms with Gasteiger partial charge in [-0.05, 0) is 6.07 Å². The lowest BCUT2D eigenvalue weighted by atomic mass is 10.2. The average molecular weight is 201 g/mol. The summed E-state index contributed by atoms with van der Waals surface area (Å²) in [5, 5.41) is 0. The standard InChI is InChI=1S/C9H6F3NO/c10-9(11,12)8-13-7-4-2-1-3-6(7)5-14-8/h1-4H,5H2. The van der Waals surface area contributed by atoms with Gasteiger partial charge in [-0.1, -0.05) is 18.2 Å². The van der Waals surface area contributed by atoms with Crippen molar-refractivity contribution in [1.29, 1.82) is 0 Å². The van der Waals surface area contributed by atoms with Crippen molar-refractivity contribution in [2.75, 3.05) is 0 Å². The largest absolute Gasteiger partial charge is 0.469 e. The van der Waals surface area contributed by atoms with Crippen LogP contribution in [0.1, 0.15) is 5.56 Å². The normalized spacial score (nSPS) is 15.5. The van der Waals surface area contributed by atoms with Crippen LogP contribution in [0.4, 0.5) is 18.9 Å². The van der Waals surface area contributed by atoms with Gasteiger partial charge in [-0.25, -0.2) is 4.99 Å². The molecule has 1 aliphatic rings. The number of hydrogen-bond acceptors (Lipinski definition) is 2. The number of aliphatic imine (C=N–C) groups is 1. The molecule has 1 aromatic rings. The molecule has 0 aromatic heterocycles. The van der Waals surface area contributed by atoms with Crippen molar-refractivity contribution in [3.05, 3.63) is 29.8 Å². The van der Waals surface area contributed by atoms with Gasteiger partial charge >= 0.3 is 6.18 Å². The lowest BCUT2D eigenvalue weighted by molar-refractivity contribution is -0.0797. The van der Waals surface area contributed by atoms with Gasteiger partial charge in [0.1, 0.15) is 6.61 Å². The minimum absolute atomic E-state index is 0.0749. The fraction of sp³-hybridized carbons (Fsp3) is 0.222. The van der Waals surface area contributed by atoms with E-state index < -0.39 is 12.1 Å². The third-order valence-electron chi connectivity index (χ3n) is 1.82. The molecule has 1 heterocycles. The molecule has 14 heavy (non-hydrogen) atoms. The van der Waals surface area contributed by atoms with Crippen molar-refractivity contribution in [2.45, 2.75) is 12.8 Å². The van der Waals surface area contributed by atoms with Crippen molar-refractivity contribution in [3.8, 4) is 0 Å². The van der Waals surface area contributed by atoms with Crippen LogP contribution in [0, 0.1) is 0 Å². The number of rotatable bonds is 0. The van der Waals surface area contributed by atoms with Crippen LogP contribution in [0.25, 0.3) is 0 Å². The number of para-hydroxylation sites is 1. The average Bonchev–Trinajstić information content (AvgIpc) is 2.16. The number of benzene rings is 1. The first kappa shape index (κ1) is 9.05. The molecule has 0 N–H and O–H groups in total. The maximum Gasteiger partial charge on any atom is 0.468 e. The van der Waals surface area contributed by atoms with Gasteiger partial charge in [0, 0.05) is 5.56 Å². The summed E-state index contributed by atoms with van der Waals surface area (Å²) < 4.78 is 41.0. The zero-order valence-electron chi connectivity index (χ0n) is 7.01. The summed E-state index contributed by atoms with van der Waals surface area (Å²) in [6, 6.07) is 6.59. The summed E-state index contributed by atoms with van der Waals surface area (Å²) in [6.45, 7) is -0.0749. The molecule has 1 aromatic carbocycles. The number of ether oxygens (including phenoxy) is 1. The Morgan fingerprint density at radius 3 is 2.64 bits per heavy atom. The zero-order chi connectivity index (χ0) is 10.2. The van der Waals surface area contributed by atoms with Crippen molar-refractivity contribution in [2.24, 2.45) is 4.99 Å². The Morgan fingerprint density at radius 2 is 1.93 bits per heavy atom. The molecule has 5 heteroatoms. The number of hydrogen-bond donors (Lipinski definition) is 0. The van der Waals surface area contributed by atoms with Crippen LogP contribution in [-0.4, -0.2) is 12.1 Å². The van der Waals surface area contributed by atoms with Crippen LogP contribution in [0.5, 0.6) is 0 Å². The number of alkyl halides is 3. The summed E-state index contributed by atoms with van der Waals surface area (Å²) in [4.78, 5) is 3.39. The maximum atomic E-state index is 12.2. The van der Waals surface area contributed by atoms with Crippen LogP contribution in [0.15, 0.2) is 29.3 Å². The molecule has 74 valence electrons. The van der Waals surface area contributed by atoms with Gasteiger partial charge in [-0.3, -0.25) is 0 Å². The minimum Gasteiger partial charge on any atom is -0.469 e. The molecule has 0 unspecified atom stereocenters. The van der Waals surface area contributed by atoms with E-state index in [0.29, 0.717) is 11.3 Å². The molecule has 0 aliphatic carbocycles. The number of fused-ring (bicyclic) bond motifs is 1. The predicted molar refractivity (Wildman–Crippen MR) is 44.4 cm³/mol. The Balaban J connectivity index is 2.41. The highest BCUT2D eigenvalue weighted by Gasteiger charge is 2.39. The summed E-state index contributed by atoms with van der Waals surface area (Å²) in [5.41, 5.74) is 0.992. The van der Waals surface area contributed by atoms with E-state index in [1.807, 2.05) is 0 Å². The highest BCUT2D eigenvalue weighted by molar-refractivity contribution is 5.86. The third-order valence-corrected chi connectivity index (χ3v) is 1.82. The van der Waals surface area contributed by atoms with E-state index in [0.717, 1.165) is 0 Å². The van der Waals surface area contributed by atoms with E-state index in [1.54, 1.807) is 18.2 Å². The predicted octanol–water partition coefficient (Wildman–Crippen LogP) is 2.81. The van der Waals surface area contributed by atoms with E-state index >= 15 is 0 Å². The van der Waals surface area contributed by atoms with Crippen LogP contribution in [0.2, 0.25) is 0 Å². The first-order valence-electron chi connectivity index (χ1n) is 3.94. The highest BCUT2D eigenvalue weighted by Crippen LogP contribution is 2.29. The minimum atomic E-state index is -4.51. The fourth-order valence-corrected chi connectivity index (χ4v) is 1.17. The molecule has 1 aliphatic heterocycles. The van der Waals surface area contributed by atoms with Crippen molar-refractivity contribution < 1.29 is 17.9 Å². The molecule has 0 spiro atoms. The number of halogens is 3. The molecular weight excluding hydrogens is 195 g/mol. The lowest BCUT2D eigenvalue weighted by Gasteiger charge is -2.17. The molecule has 0 amide bonds. The van der Waals surface area contributed by atoms with Crippen LogP contribution in [0.3, 0.4) is 0 Å². The zero-order valence-corrected chi connectivity index (χ0v) is 7.01. The topological polar surface area (TPSA) is 21.6 Å². The molecular formula is C9H6F3NO. The summed E-state index contributed by atoms with van der Waals surface area (Å²) >= 11 is 0. The van der Waals surface area contributed by atoms with Gasteiger partial charge in [0.2, 0.25) is 0 Å². The lowest BCUT2D eigenvalue weighted by Crippen LogP contribution is -2.27. The second-order valence-corrected chi connectivity index (χ2v) is 2.83. The Bertz CT molecular complexity index is 384. The summed E-state index contributed by atoms with van der Waals surface area (Å²) in [5.74, 6) is -1.17. The second kappa shape index (κ2) is 3.01. The summed E-state index contributed by atoms with van der Waals surface area (Å²) in [7, 11) is 0. The van der Waals surface area contributed by atoms with Gasteiger partial charge in [0.15, 0.2) is 0 Å². The van der Waals surface area contributed by atoms with E-state index in [9.17, 15) is 13.2 Å². The fourth-order valence-electron chi connectivity index (χ4n) is 1.17. The third kappa shape index (κ3) is 1.57. The van der Waals surface area contributed by atoms with Crippen molar-refractivity contribution in [1.82, 2.24) is 0 Å². The molecule has 2 nitrogen and oxygen atoms in total. The summed E-state index contributed by atoms with van der Waals surface area (Å²) in [6.07, 6.45) is -4.51.